The molecule has 3 rings (SSSR count). The second kappa shape index (κ2) is 7.74. The van der Waals surface area contributed by atoms with Crippen molar-refractivity contribution < 1.29 is 13.6 Å². The van der Waals surface area contributed by atoms with Gasteiger partial charge in [0.15, 0.2) is 16.7 Å². The summed E-state index contributed by atoms with van der Waals surface area (Å²) in [4.78, 5) is 14.2. The van der Waals surface area contributed by atoms with Crippen LogP contribution in [0.1, 0.15) is 12.5 Å². The van der Waals surface area contributed by atoms with Gasteiger partial charge in [-0.15, -0.1) is 10.2 Å². The number of aromatic nitrogens is 3. The lowest BCUT2D eigenvalue weighted by molar-refractivity contribution is -0.129. The summed E-state index contributed by atoms with van der Waals surface area (Å²) in [6.07, 6.45) is 1.57. The van der Waals surface area contributed by atoms with E-state index in [2.05, 4.69) is 10.2 Å². The summed E-state index contributed by atoms with van der Waals surface area (Å²) in [5.74, 6) is 0.844. The average molecular weight is 374 g/mol. The van der Waals surface area contributed by atoms with E-state index in [0.717, 1.165) is 5.56 Å². The van der Waals surface area contributed by atoms with Gasteiger partial charge in [0, 0.05) is 20.6 Å². The SMILES string of the molecule is C[C@@H](Sc1nnc(-c2ccco2)n1C)C(=O)N(C)Cc1cccc(F)c1. The number of hydrogen-bond donors (Lipinski definition) is 0. The molecule has 0 unspecified atom stereocenters. The quantitative estimate of drug-likeness (QED) is 0.619. The molecule has 0 radical (unpaired) electrons. The Hall–Kier alpha value is -2.61. The molecule has 0 aliphatic rings. The van der Waals surface area contributed by atoms with Crippen molar-refractivity contribution in [3.05, 3.63) is 54.0 Å². The average Bonchev–Trinajstić information content (AvgIpc) is 3.24. The van der Waals surface area contributed by atoms with Crippen LogP contribution in [0.3, 0.4) is 0 Å². The number of hydrogen-bond acceptors (Lipinski definition) is 5. The van der Waals surface area contributed by atoms with Gasteiger partial charge in [0.05, 0.1) is 11.5 Å². The first-order valence-electron chi connectivity index (χ1n) is 8.05. The van der Waals surface area contributed by atoms with E-state index in [4.69, 9.17) is 4.42 Å². The van der Waals surface area contributed by atoms with Crippen LogP contribution in [-0.2, 0) is 18.4 Å². The molecule has 0 aliphatic heterocycles. The molecule has 0 spiro atoms. The van der Waals surface area contributed by atoms with Crippen LogP contribution in [0, 0.1) is 5.82 Å². The second-order valence-electron chi connectivity index (χ2n) is 5.93. The largest absolute Gasteiger partial charge is 0.461 e. The summed E-state index contributed by atoms with van der Waals surface area (Å²) < 4.78 is 20.4. The van der Waals surface area contributed by atoms with Crippen molar-refractivity contribution in [2.45, 2.75) is 23.9 Å². The number of carbonyl (C=O) groups is 1. The lowest BCUT2D eigenvalue weighted by atomic mass is 10.2. The van der Waals surface area contributed by atoms with Crippen LogP contribution >= 0.6 is 11.8 Å². The van der Waals surface area contributed by atoms with Gasteiger partial charge >= 0.3 is 0 Å². The topological polar surface area (TPSA) is 64.2 Å². The Labute approximate surface area is 155 Å². The summed E-state index contributed by atoms with van der Waals surface area (Å²) in [6, 6.07) is 9.83. The number of nitrogens with zero attached hydrogens (tertiary/aromatic N) is 4. The zero-order valence-corrected chi connectivity index (χ0v) is 15.5. The number of carbonyl (C=O) groups excluding carboxylic acids is 1. The van der Waals surface area contributed by atoms with Gasteiger partial charge in [0.25, 0.3) is 0 Å². The van der Waals surface area contributed by atoms with Crippen LogP contribution in [0.5, 0.6) is 0 Å². The predicted octanol–water partition coefficient (Wildman–Crippen LogP) is 3.35. The van der Waals surface area contributed by atoms with E-state index in [0.29, 0.717) is 23.3 Å². The molecule has 136 valence electrons. The first-order chi connectivity index (χ1) is 12.5. The van der Waals surface area contributed by atoms with Crippen molar-refractivity contribution in [3.8, 4) is 11.6 Å². The van der Waals surface area contributed by atoms with Gasteiger partial charge in [-0.2, -0.15) is 0 Å². The predicted molar refractivity (Wildman–Crippen MR) is 96.9 cm³/mol. The fourth-order valence-corrected chi connectivity index (χ4v) is 3.47. The molecule has 0 saturated carbocycles. The van der Waals surface area contributed by atoms with Gasteiger partial charge in [0.2, 0.25) is 5.91 Å². The Morgan fingerprint density at radius 3 is 2.85 bits per heavy atom. The third-order valence-electron chi connectivity index (χ3n) is 3.89. The maximum atomic E-state index is 13.3. The molecule has 0 aliphatic carbocycles. The number of benzene rings is 1. The maximum Gasteiger partial charge on any atom is 0.235 e. The van der Waals surface area contributed by atoms with Crippen molar-refractivity contribution in [1.29, 1.82) is 0 Å². The van der Waals surface area contributed by atoms with E-state index < -0.39 is 0 Å². The molecule has 0 bridgehead atoms. The van der Waals surface area contributed by atoms with Crippen LogP contribution in [-0.4, -0.2) is 37.9 Å². The molecule has 26 heavy (non-hydrogen) atoms. The Balaban J connectivity index is 1.66. The first kappa shape index (κ1) is 18.2. The first-order valence-corrected chi connectivity index (χ1v) is 8.93. The Morgan fingerprint density at radius 1 is 1.35 bits per heavy atom. The highest BCUT2D eigenvalue weighted by atomic mass is 32.2. The molecule has 1 atom stereocenters. The standard InChI is InChI=1S/C18H19FN4O2S/c1-12(17(24)22(2)11-13-6-4-7-14(19)10-13)26-18-21-20-16(23(18)3)15-8-5-9-25-15/h4-10,12H,11H2,1-3H3/t12-/m1/s1. The zero-order chi connectivity index (χ0) is 18.7. The Kier molecular flexibility index (Phi) is 5.41. The van der Waals surface area contributed by atoms with E-state index >= 15 is 0 Å². The summed E-state index contributed by atoms with van der Waals surface area (Å²) in [5.41, 5.74) is 0.747. The van der Waals surface area contributed by atoms with Crippen LogP contribution < -0.4 is 0 Å². The molecule has 3 aromatic rings. The molecule has 2 aromatic heterocycles. The van der Waals surface area contributed by atoms with Gasteiger partial charge in [-0.25, -0.2) is 4.39 Å². The molecule has 2 heterocycles. The van der Waals surface area contributed by atoms with E-state index in [9.17, 15) is 9.18 Å². The minimum absolute atomic E-state index is 0.0678. The van der Waals surface area contributed by atoms with Gasteiger partial charge in [-0.3, -0.25) is 4.79 Å². The molecule has 6 nitrogen and oxygen atoms in total. The van der Waals surface area contributed by atoms with Gasteiger partial charge < -0.3 is 13.9 Å². The van der Waals surface area contributed by atoms with Crippen molar-refractivity contribution in [1.82, 2.24) is 19.7 Å². The monoisotopic (exact) mass is 374 g/mol. The minimum Gasteiger partial charge on any atom is -0.461 e. The molecule has 0 saturated heterocycles. The zero-order valence-electron chi connectivity index (χ0n) is 14.7. The Bertz CT molecular complexity index is 894. The molecular weight excluding hydrogens is 355 g/mol. The van der Waals surface area contributed by atoms with E-state index in [1.54, 1.807) is 47.0 Å². The number of furan rings is 1. The highest BCUT2D eigenvalue weighted by Gasteiger charge is 2.22. The van der Waals surface area contributed by atoms with Crippen LogP contribution in [0.25, 0.3) is 11.6 Å². The van der Waals surface area contributed by atoms with Crippen LogP contribution in [0.4, 0.5) is 4.39 Å². The fourth-order valence-electron chi connectivity index (χ4n) is 2.54. The van der Waals surface area contributed by atoms with Crippen molar-refractivity contribution in [3.63, 3.8) is 0 Å². The highest BCUT2D eigenvalue weighted by Crippen LogP contribution is 2.26. The van der Waals surface area contributed by atoms with Crippen LogP contribution in [0.15, 0.2) is 52.2 Å². The molecule has 8 heteroatoms. The molecular formula is C18H19FN4O2S. The third-order valence-corrected chi connectivity index (χ3v) is 5.01. The second-order valence-corrected chi connectivity index (χ2v) is 7.23. The van der Waals surface area contributed by atoms with Gasteiger partial charge in [-0.1, -0.05) is 23.9 Å². The van der Waals surface area contributed by atoms with E-state index in [1.165, 1.54) is 23.9 Å². The summed E-state index contributed by atoms with van der Waals surface area (Å²) in [5, 5.41) is 8.53. The maximum absolute atomic E-state index is 13.3. The van der Waals surface area contributed by atoms with E-state index in [-0.39, 0.29) is 17.0 Å². The highest BCUT2D eigenvalue weighted by molar-refractivity contribution is 8.00. The lowest BCUT2D eigenvalue weighted by Crippen LogP contribution is -2.33. The van der Waals surface area contributed by atoms with Gasteiger partial charge in [-0.05, 0) is 36.8 Å². The lowest BCUT2D eigenvalue weighted by Gasteiger charge is -2.21. The van der Waals surface area contributed by atoms with E-state index in [1.807, 2.05) is 14.0 Å². The van der Waals surface area contributed by atoms with Crippen LogP contribution in [0.2, 0.25) is 0 Å². The molecule has 0 fully saturated rings. The summed E-state index contributed by atoms with van der Waals surface area (Å²) in [7, 11) is 3.53. The molecule has 1 amide bonds. The Morgan fingerprint density at radius 2 is 2.15 bits per heavy atom. The number of thioether (sulfide) groups is 1. The number of halogens is 1. The number of amides is 1. The van der Waals surface area contributed by atoms with Gasteiger partial charge in [0.1, 0.15) is 5.82 Å². The molecule has 0 N–H and O–H groups in total. The minimum atomic E-state index is -0.360. The van der Waals surface area contributed by atoms with Crippen molar-refractivity contribution in [2.75, 3.05) is 7.05 Å². The fraction of sp³-hybridized carbons (Fsp3) is 0.278. The molecule has 1 aromatic carbocycles. The van der Waals surface area contributed by atoms with Crippen molar-refractivity contribution in [2.24, 2.45) is 7.05 Å². The normalized spacial score (nSPS) is 12.2. The van der Waals surface area contributed by atoms with Crippen molar-refractivity contribution >= 4 is 17.7 Å². The number of rotatable bonds is 6. The third kappa shape index (κ3) is 3.96. The summed E-state index contributed by atoms with van der Waals surface area (Å²) >= 11 is 1.32. The summed E-state index contributed by atoms with van der Waals surface area (Å²) in [6.45, 7) is 2.16. The smallest absolute Gasteiger partial charge is 0.235 e.